The number of fused-ring (bicyclic) bond motifs is 15. The summed E-state index contributed by atoms with van der Waals surface area (Å²) >= 11 is 1.39. The van der Waals surface area contributed by atoms with Crippen molar-refractivity contribution in [1.82, 2.24) is 19.5 Å². The number of carbonyl (C=O) groups excluding carboxylic acids is 5. The summed E-state index contributed by atoms with van der Waals surface area (Å²) in [6, 6.07) is 84.0. The largest absolute Gasteiger partial charge is 0.452 e. The third-order valence-electron chi connectivity index (χ3n) is 25.6. The summed E-state index contributed by atoms with van der Waals surface area (Å²) in [5, 5.41) is 9.12. The van der Waals surface area contributed by atoms with Gasteiger partial charge in [0.15, 0.2) is 28.8 Å². The number of nitrogens with one attached hydrogen (secondary N) is 3. The van der Waals surface area contributed by atoms with Gasteiger partial charge in [-0.15, -0.1) is 11.3 Å². The maximum atomic E-state index is 13.6. The van der Waals surface area contributed by atoms with Gasteiger partial charge >= 0.3 is 28.1 Å². The number of H-pyrrole nitrogens is 3. The number of aromatic nitrogens is 4. The second-order valence-electron chi connectivity index (χ2n) is 34.9. The Bertz CT molecular complexity index is 9320. The first-order valence-electron chi connectivity index (χ1n) is 45.9. The summed E-state index contributed by atoms with van der Waals surface area (Å²) in [5.41, 5.74) is 18.4. The number of furan rings is 5. The van der Waals surface area contributed by atoms with Crippen molar-refractivity contribution in [3.63, 3.8) is 0 Å². The van der Waals surface area contributed by atoms with E-state index in [9.17, 15) is 47.9 Å². The van der Waals surface area contributed by atoms with Crippen LogP contribution >= 0.6 is 11.3 Å². The molecule has 0 aliphatic rings. The number of ketones is 5. The molecule has 24 nitrogen and oxygen atoms in total. The van der Waals surface area contributed by atoms with Crippen molar-refractivity contribution in [2.75, 3.05) is 0 Å². The Hall–Kier alpha value is -18.9. The number of benzene rings is 10. The van der Waals surface area contributed by atoms with E-state index >= 15 is 0 Å². The Morgan fingerprint density at radius 2 is 0.611 bits per heavy atom. The summed E-state index contributed by atoms with van der Waals surface area (Å²) in [7, 11) is 1.82. The number of hydrogen-bond acceptors (Lipinski definition) is 21. The molecule has 0 bridgehead atoms. The highest BCUT2D eigenvalue weighted by Gasteiger charge is 2.34. The molecular weight excluding hydrogens is 1840 g/mol. The van der Waals surface area contributed by atoms with E-state index in [4.69, 9.17) is 44.2 Å². The maximum absolute atomic E-state index is 13.6. The van der Waals surface area contributed by atoms with Crippen LogP contribution in [0.1, 0.15) is 125 Å². The highest BCUT2D eigenvalue weighted by atomic mass is 32.1. The molecule has 0 saturated heterocycles. The third-order valence-corrected chi connectivity index (χ3v) is 26.7. The normalized spacial score (nSPS) is 11.4. The number of aromatic amines is 3. The van der Waals surface area contributed by atoms with Gasteiger partial charge in [-0.3, -0.25) is 24.0 Å². The average molecular weight is 1920 g/mol. The fraction of sp³-hybridized carbons (Fsp3) is 0.0756. The van der Waals surface area contributed by atoms with Gasteiger partial charge in [-0.05, 0) is 225 Å². The van der Waals surface area contributed by atoms with Crippen LogP contribution < -0.4 is 28.1 Å². The van der Waals surface area contributed by atoms with Gasteiger partial charge in [0.2, 0.25) is 28.9 Å². The lowest BCUT2D eigenvalue weighted by molar-refractivity contribution is 0.0998. The highest BCUT2D eigenvalue weighted by molar-refractivity contribution is 7.12. The van der Waals surface area contributed by atoms with Crippen LogP contribution in [0.2, 0.25) is 0 Å². The van der Waals surface area contributed by atoms with E-state index in [2.05, 4.69) is 15.0 Å². The molecule has 0 aliphatic carbocycles. The molecule has 704 valence electrons. The number of thiophene rings is 1. The summed E-state index contributed by atoms with van der Waals surface area (Å²) in [6.45, 7) is 15.0. The number of carbonyl (C=O) groups is 5. The molecule has 0 amide bonds. The second-order valence-corrected chi connectivity index (χ2v) is 35.8. The molecule has 0 radical (unpaired) electrons. The predicted octanol–water partition coefficient (Wildman–Crippen LogP) is 27.0. The fourth-order valence-electron chi connectivity index (χ4n) is 18.8. The third kappa shape index (κ3) is 16.5. The maximum Gasteiger partial charge on any atom is 0.336 e. The zero-order valence-corrected chi connectivity index (χ0v) is 79.4. The van der Waals surface area contributed by atoms with Gasteiger partial charge in [0.1, 0.15) is 55.8 Å². The van der Waals surface area contributed by atoms with Gasteiger partial charge in [0, 0.05) is 140 Å². The van der Waals surface area contributed by atoms with Crippen molar-refractivity contribution in [3.8, 4) is 55.6 Å². The van der Waals surface area contributed by atoms with Crippen LogP contribution in [0.25, 0.3) is 165 Å². The fourth-order valence-corrected chi connectivity index (χ4v) is 19.7. The lowest BCUT2D eigenvalue weighted by atomic mass is 9.95. The van der Waals surface area contributed by atoms with Crippen LogP contribution in [-0.2, 0) is 7.05 Å². The first-order valence-corrected chi connectivity index (χ1v) is 46.8. The van der Waals surface area contributed by atoms with Crippen LogP contribution in [0.4, 0.5) is 0 Å². The Morgan fingerprint density at radius 3 is 0.896 bits per heavy atom. The van der Waals surface area contributed by atoms with E-state index in [0.717, 1.165) is 99.4 Å². The molecule has 0 saturated carbocycles. The van der Waals surface area contributed by atoms with Crippen molar-refractivity contribution in [1.29, 1.82) is 0 Å². The minimum absolute atomic E-state index is 0.171. The smallest absolute Gasteiger partial charge is 0.336 e. The van der Waals surface area contributed by atoms with Crippen LogP contribution in [0, 0.1) is 55.4 Å². The molecule has 15 heterocycles. The molecule has 0 unspecified atom stereocenters. The van der Waals surface area contributed by atoms with Gasteiger partial charge in [0.05, 0.1) is 43.2 Å². The van der Waals surface area contributed by atoms with Crippen molar-refractivity contribution in [2.45, 2.75) is 55.4 Å². The van der Waals surface area contributed by atoms with E-state index < -0.39 is 28.1 Å². The van der Waals surface area contributed by atoms with Gasteiger partial charge < -0.3 is 63.7 Å². The number of rotatable bonds is 15. The molecule has 0 atom stereocenters. The molecule has 0 spiro atoms. The van der Waals surface area contributed by atoms with Crippen LogP contribution in [0.5, 0.6) is 0 Å². The Morgan fingerprint density at radius 1 is 0.285 bits per heavy atom. The Balaban J connectivity index is 0.000000106. The minimum Gasteiger partial charge on any atom is -0.452 e. The highest BCUT2D eigenvalue weighted by Crippen LogP contribution is 2.48. The summed E-state index contributed by atoms with van der Waals surface area (Å²) in [6.07, 6.45) is 8.64. The van der Waals surface area contributed by atoms with Crippen molar-refractivity contribution in [3.05, 3.63) is 468 Å². The van der Waals surface area contributed by atoms with Crippen LogP contribution in [0.15, 0.2) is 384 Å². The predicted molar refractivity (Wildman–Crippen MR) is 556 cm³/mol. The second kappa shape index (κ2) is 37.5. The first kappa shape index (κ1) is 91.5. The summed E-state index contributed by atoms with van der Waals surface area (Å²) in [5.74, 6) is 0.0491. The van der Waals surface area contributed by atoms with Gasteiger partial charge in [-0.25, -0.2) is 24.0 Å². The quantitative estimate of drug-likeness (QED) is 0.0634. The molecule has 25 heteroatoms. The summed E-state index contributed by atoms with van der Waals surface area (Å²) in [4.78, 5) is 137. The first-order chi connectivity index (χ1) is 69.8. The molecule has 3 N–H and O–H groups in total. The molecular formula is C119H82N4O20S. The molecule has 25 rings (SSSR count). The van der Waals surface area contributed by atoms with Crippen LogP contribution in [-0.4, -0.2) is 48.4 Å². The van der Waals surface area contributed by atoms with E-state index in [-0.39, 0.29) is 57.7 Å². The molecule has 15 aromatic heterocycles. The summed E-state index contributed by atoms with van der Waals surface area (Å²) < 4.78 is 59.9. The van der Waals surface area contributed by atoms with E-state index in [1.807, 2.05) is 305 Å². The van der Waals surface area contributed by atoms with Gasteiger partial charge in [-0.2, -0.15) is 0 Å². The molecule has 0 fully saturated rings. The van der Waals surface area contributed by atoms with E-state index in [1.165, 1.54) is 41.7 Å². The monoisotopic (exact) mass is 1920 g/mol. The standard InChI is InChI=1S/C25H19NO4.C24H17NO4.C24H16O4S.2C23H15NO4/c1-13-11-19(27)30-24-17(13)9-10-18-22(24)21(16-7-5-4-6-8-16)25(29-18)23(28)20-14(2)12-26-15(20)3;1-14-13-19(26)29-23-16(14)10-11-18-21(23)20(15-7-4-3-5-8-15)24(28-18)22(27)17-9-6-12-25(17)2;1-13-10-11-29-24(13)21(26)23-19(15-6-4-3-5-7-15)20-17(27-23)9-8-16-14(2)12-18(25)28-22(16)20;1-13-12-18(25)28-22-15(13)9-10-17-20(22)19(14-6-3-2-4-7-14)23(27-17)21(26)16-8-5-11-24-16;1-13-11-18(25)28-22-16(13)7-8-17-20(22)19(14-5-3-2-4-6-14)23(27-17)21(26)15-9-10-24-12-15/h4-12,26H,1-3H3;3-13H,1-2H3;3-12H,1-2H3;2*2-12,24H,1H3. The number of aryl methyl sites for hydroxylation is 9. The topological polar surface area (TPSA) is 354 Å². The molecule has 10 aromatic carbocycles. The number of nitrogens with zero attached hydrogens (tertiary/aromatic N) is 1. The van der Waals surface area contributed by atoms with E-state index in [0.29, 0.717) is 138 Å². The van der Waals surface area contributed by atoms with Gasteiger partial charge in [0.25, 0.3) is 0 Å². The van der Waals surface area contributed by atoms with Crippen molar-refractivity contribution in [2.24, 2.45) is 7.05 Å². The zero-order chi connectivity index (χ0) is 99.7. The van der Waals surface area contributed by atoms with Crippen molar-refractivity contribution >= 4 is 150 Å². The van der Waals surface area contributed by atoms with Crippen LogP contribution in [0.3, 0.4) is 0 Å². The molecule has 25 aromatic rings. The van der Waals surface area contributed by atoms with Crippen molar-refractivity contribution < 1.29 is 68.1 Å². The SMILES string of the molecule is Cc1c[nH]c(C)c1C(=O)c1oc2ccc3c(C)cc(=O)oc3c2c1-c1ccccc1.Cc1cc(=O)oc2c1ccc1oc(C(=O)c3cc[nH]c3)c(-c3ccccc3)c12.Cc1cc(=O)oc2c1ccc1oc(C(=O)c3ccc[nH]3)c(-c3ccccc3)c12.Cc1cc(=O)oc2c1ccc1oc(C(=O)c3cccn3C)c(-c3ccccc3)c12.Cc1ccsc1C(=O)c1oc2ccc3c(C)cc(=O)oc3c2c1-c1ccccc1. The number of hydrogen-bond donors (Lipinski definition) is 3. The minimum atomic E-state index is -0.435. The Labute approximate surface area is 818 Å². The zero-order valence-electron chi connectivity index (χ0n) is 78.5. The van der Waals surface area contributed by atoms with E-state index in [1.54, 1.807) is 47.4 Å². The van der Waals surface area contributed by atoms with Gasteiger partial charge in [-0.1, -0.05) is 152 Å². The lowest BCUT2D eigenvalue weighted by Crippen LogP contribution is -2.07. The average Bonchev–Trinajstić information content (AvgIpc) is 1.60. The lowest BCUT2D eigenvalue weighted by Gasteiger charge is -2.06. The molecule has 0 aliphatic heterocycles. The Kier molecular flexibility index (Phi) is 23.8. The molecule has 144 heavy (non-hydrogen) atoms.